The molecule has 0 spiro atoms. The summed E-state index contributed by atoms with van der Waals surface area (Å²) in [6.45, 7) is 9.44. The van der Waals surface area contributed by atoms with Crippen molar-refractivity contribution in [3.8, 4) is 0 Å². The average Bonchev–Trinajstić information content (AvgIpc) is 2.51. The van der Waals surface area contributed by atoms with Crippen molar-refractivity contribution < 1.29 is 18.9 Å². The van der Waals surface area contributed by atoms with Crippen LogP contribution in [0.1, 0.15) is 32.6 Å². The predicted molar refractivity (Wildman–Crippen MR) is 83.8 cm³/mol. The third-order valence-corrected chi connectivity index (χ3v) is 3.91. The van der Waals surface area contributed by atoms with Crippen molar-refractivity contribution in [3.05, 3.63) is 0 Å². The van der Waals surface area contributed by atoms with Crippen LogP contribution in [0.5, 0.6) is 0 Å². The Morgan fingerprint density at radius 2 is 1.86 bits per heavy atom. The summed E-state index contributed by atoms with van der Waals surface area (Å²) in [5.41, 5.74) is 0.254. The lowest BCUT2D eigenvalue weighted by Crippen LogP contribution is -2.42. The summed E-state index contributed by atoms with van der Waals surface area (Å²) >= 11 is 0. The van der Waals surface area contributed by atoms with Crippen molar-refractivity contribution in [1.82, 2.24) is 5.32 Å². The SMILES string of the molecule is CCCNCC1(CCOCCOCCOC)CCCOC1. The molecular formula is C16H33NO4. The molecule has 1 fully saturated rings. The molecular weight excluding hydrogens is 270 g/mol. The highest BCUT2D eigenvalue weighted by Crippen LogP contribution is 2.31. The number of ether oxygens (including phenoxy) is 4. The van der Waals surface area contributed by atoms with E-state index in [0.29, 0.717) is 26.4 Å². The minimum atomic E-state index is 0.254. The molecule has 1 unspecified atom stereocenters. The van der Waals surface area contributed by atoms with Crippen molar-refractivity contribution in [3.63, 3.8) is 0 Å². The van der Waals surface area contributed by atoms with E-state index in [1.54, 1.807) is 7.11 Å². The van der Waals surface area contributed by atoms with Gasteiger partial charge in [0.05, 0.1) is 33.0 Å². The monoisotopic (exact) mass is 303 g/mol. The van der Waals surface area contributed by atoms with Gasteiger partial charge < -0.3 is 24.3 Å². The second-order valence-electron chi connectivity index (χ2n) is 5.80. The Morgan fingerprint density at radius 3 is 2.52 bits per heavy atom. The first-order valence-electron chi connectivity index (χ1n) is 8.26. The zero-order valence-corrected chi connectivity index (χ0v) is 13.8. The fourth-order valence-electron chi connectivity index (χ4n) is 2.62. The molecule has 1 aliphatic rings. The summed E-state index contributed by atoms with van der Waals surface area (Å²) in [4.78, 5) is 0. The van der Waals surface area contributed by atoms with E-state index in [0.717, 1.165) is 45.8 Å². The number of rotatable bonds is 13. The van der Waals surface area contributed by atoms with E-state index in [2.05, 4.69) is 12.2 Å². The van der Waals surface area contributed by atoms with Gasteiger partial charge in [-0.2, -0.15) is 0 Å². The molecule has 0 aromatic carbocycles. The molecule has 1 saturated heterocycles. The Balaban J connectivity index is 2.11. The van der Waals surface area contributed by atoms with Gasteiger partial charge >= 0.3 is 0 Å². The fraction of sp³-hybridized carbons (Fsp3) is 1.00. The van der Waals surface area contributed by atoms with Gasteiger partial charge in [0.1, 0.15) is 0 Å². The molecule has 1 rings (SSSR count). The fourth-order valence-corrected chi connectivity index (χ4v) is 2.62. The molecule has 0 saturated carbocycles. The Bertz CT molecular complexity index is 232. The molecule has 126 valence electrons. The highest BCUT2D eigenvalue weighted by atomic mass is 16.5. The van der Waals surface area contributed by atoms with Gasteiger partial charge in [-0.3, -0.25) is 0 Å². The topological polar surface area (TPSA) is 49.0 Å². The molecule has 1 aliphatic heterocycles. The molecule has 0 aliphatic carbocycles. The first kappa shape index (κ1) is 18.8. The molecule has 0 aromatic heterocycles. The van der Waals surface area contributed by atoms with E-state index in [-0.39, 0.29) is 5.41 Å². The van der Waals surface area contributed by atoms with E-state index in [1.165, 1.54) is 12.8 Å². The lowest BCUT2D eigenvalue weighted by atomic mass is 9.79. The summed E-state index contributed by atoms with van der Waals surface area (Å²) in [6.07, 6.45) is 4.62. The van der Waals surface area contributed by atoms with Crippen LogP contribution < -0.4 is 5.32 Å². The van der Waals surface area contributed by atoms with Crippen molar-refractivity contribution in [2.45, 2.75) is 32.6 Å². The Morgan fingerprint density at radius 1 is 1.10 bits per heavy atom. The second kappa shape index (κ2) is 12.4. The Hall–Kier alpha value is -0.200. The Labute approximate surface area is 129 Å². The van der Waals surface area contributed by atoms with Crippen LogP contribution in [0.4, 0.5) is 0 Å². The van der Waals surface area contributed by atoms with Gasteiger partial charge in [0, 0.05) is 32.3 Å². The van der Waals surface area contributed by atoms with Crippen LogP contribution in [0.25, 0.3) is 0 Å². The van der Waals surface area contributed by atoms with Crippen molar-refractivity contribution in [1.29, 1.82) is 0 Å². The molecule has 1 atom stereocenters. The lowest BCUT2D eigenvalue weighted by Gasteiger charge is -2.37. The molecule has 5 heteroatoms. The van der Waals surface area contributed by atoms with Crippen molar-refractivity contribution in [2.24, 2.45) is 5.41 Å². The molecule has 21 heavy (non-hydrogen) atoms. The van der Waals surface area contributed by atoms with Crippen LogP contribution in [-0.2, 0) is 18.9 Å². The third-order valence-electron chi connectivity index (χ3n) is 3.91. The van der Waals surface area contributed by atoms with Gasteiger partial charge in [-0.1, -0.05) is 6.92 Å². The van der Waals surface area contributed by atoms with Crippen LogP contribution in [0, 0.1) is 5.41 Å². The highest BCUT2D eigenvalue weighted by Gasteiger charge is 2.32. The van der Waals surface area contributed by atoms with Crippen LogP contribution in [0.3, 0.4) is 0 Å². The average molecular weight is 303 g/mol. The zero-order valence-electron chi connectivity index (χ0n) is 13.8. The van der Waals surface area contributed by atoms with E-state index < -0.39 is 0 Å². The minimum Gasteiger partial charge on any atom is -0.382 e. The minimum absolute atomic E-state index is 0.254. The van der Waals surface area contributed by atoms with Gasteiger partial charge in [-0.15, -0.1) is 0 Å². The van der Waals surface area contributed by atoms with Gasteiger partial charge in [0.2, 0.25) is 0 Å². The zero-order chi connectivity index (χ0) is 15.2. The van der Waals surface area contributed by atoms with Crippen molar-refractivity contribution >= 4 is 0 Å². The molecule has 0 amide bonds. The summed E-state index contributed by atoms with van der Waals surface area (Å²) in [5.74, 6) is 0. The van der Waals surface area contributed by atoms with Crippen molar-refractivity contribution in [2.75, 3.05) is 66.4 Å². The van der Waals surface area contributed by atoms with Gasteiger partial charge in [0.25, 0.3) is 0 Å². The largest absolute Gasteiger partial charge is 0.382 e. The Kier molecular flexibility index (Phi) is 11.1. The van der Waals surface area contributed by atoms with Gasteiger partial charge in [-0.05, 0) is 32.2 Å². The first-order chi connectivity index (χ1) is 10.3. The molecule has 1 N–H and O–H groups in total. The lowest BCUT2D eigenvalue weighted by molar-refractivity contribution is -0.0335. The molecule has 0 bridgehead atoms. The maximum Gasteiger partial charge on any atom is 0.0701 e. The number of hydrogen-bond acceptors (Lipinski definition) is 5. The summed E-state index contributed by atoms with van der Waals surface area (Å²) in [5, 5.41) is 3.55. The van der Waals surface area contributed by atoms with E-state index in [1.807, 2.05) is 0 Å². The third kappa shape index (κ3) is 8.73. The highest BCUT2D eigenvalue weighted by molar-refractivity contribution is 4.84. The number of nitrogens with one attached hydrogen (secondary N) is 1. The van der Waals surface area contributed by atoms with E-state index in [9.17, 15) is 0 Å². The van der Waals surface area contributed by atoms with E-state index >= 15 is 0 Å². The normalized spacial score (nSPS) is 22.6. The molecule has 5 nitrogen and oxygen atoms in total. The molecule has 0 aromatic rings. The number of methoxy groups -OCH3 is 1. The van der Waals surface area contributed by atoms with Gasteiger partial charge in [0.15, 0.2) is 0 Å². The van der Waals surface area contributed by atoms with Crippen LogP contribution in [0.2, 0.25) is 0 Å². The second-order valence-corrected chi connectivity index (χ2v) is 5.80. The first-order valence-corrected chi connectivity index (χ1v) is 8.26. The maximum absolute atomic E-state index is 5.70. The maximum atomic E-state index is 5.70. The quantitative estimate of drug-likeness (QED) is 0.526. The van der Waals surface area contributed by atoms with Crippen LogP contribution in [0.15, 0.2) is 0 Å². The number of hydrogen-bond donors (Lipinski definition) is 1. The van der Waals surface area contributed by atoms with Crippen LogP contribution >= 0.6 is 0 Å². The van der Waals surface area contributed by atoms with Crippen LogP contribution in [-0.4, -0.2) is 66.4 Å². The summed E-state index contributed by atoms with van der Waals surface area (Å²) in [7, 11) is 1.68. The smallest absolute Gasteiger partial charge is 0.0701 e. The molecule has 1 heterocycles. The van der Waals surface area contributed by atoms with E-state index in [4.69, 9.17) is 18.9 Å². The predicted octanol–water partition coefficient (Wildman–Crippen LogP) is 1.85. The molecule has 0 radical (unpaired) electrons. The summed E-state index contributed by atoms with van der Waals surface area (Å²) < 4.78 is 21.7. The van der Waals surface area contributed by atoms with Gasteiger partial charge in [-0.25, -0.2) is 0 Å². The summed E-state index contributed by atoms with van der Waals surface area (Å²) in [6, 6.07) is 0. The standard InChI is InChI=1S/C16H33NO4/c1-3-7-17-14-16(5-4-8-21-15-16)6-9-19-12-13-20-11-10-18-2/h17H,3-15H2,1-2H3.